The first-order valence-corrected chi connectivity index (χ1v) is 9.20. The van der Waals surface area contributed by atoms with Gasteiger partial charge in [0.2, 0.25) is 0 Å². The lowest BCUT2D eigenvalue weighted by Gasteiger charge is -2.08. The molecule has 28 heavy (non-hydrogen) atoms. The maximum Gasteiger partial charge on any atom is 0.344 e. The molecule has 6 heteroatoms. The molecule has 4 aromatic rings. The third-order valence-electron chi connectivity index (χ3n) is 4.26. The summed E-state index contributed by atoms with van der Waals surface area (Å²) in [6.07, 6.45) is 0. The number of carbonyl (C=O) groups excluding carboxylic acids is 1. The molecule has 0 saturated carbocycles. The highest BCUT2D eigenvalue weighted by Crippen LogP contribution is 2.23. The van der Waals surface area contributed by atoms with Crippen LogP contribution in [0, 0.1) is 5.82 Å². The second-order valence-corrected chi connectivity index (χ2v) is 7.06. The molecule has 4 nitrogen and oxygen atoms in total. The lowest BCUT2D eigenvalue weighted by molar-refractivity contribution is 0.102. The van der Waals surface area contributed by atoms with Gasteiger partial charge in [0.05, 0.1) is 11.3 Å². The molecule has 138 valence electrons. The van der Waals surface area contributed by atoms with E-state index in [4.69, 9.17) is 4.42 Å². The van der Waals surface area contributed by atoms with Crippen LogP contribution in [0.25, 0.3) is 22.1 Å². The monoisotopic (exact) mass is 437 g/mol. The van der Waals surface area contributed by atoms with Crippen molar-refractivity contribution < 1.29 is 13.6 Å². The topological polar surface area (TPSA) is 59.3 Å². The molecule has 0 spiro atoms. The van der Waals surface area contributed by atoms with Gasteiger partial charge in [0.25, 0.3) is 5.91 Å². The number of carbonyl (C=O) groups is 1. The van der Waals surface area contributed by atoms with Crippen LogP contribution in [0.15, 0.2) is 86.5 Å². The van der Waals surface area contributed by atoms with Gasteiger partial charge in [0, 0.05) is 15.4 Å². The summed E-state index contributed by atoms with van der Waals surface area (Å²) in [6, 6.07) is 19.9. The molecular formula is C22H13BrFNO3. The van der Waals surface area contributed by atoms with Crippen LogP contribution < -0.4 is 10.9 Å². The van der Waals surface area contributed by atoms with Crippen molar-refractivity contribution in [2.24, 2.45) is 0 Å². The molecular weight excluding hydrogens is 425 g/mol. The van der Waals surface area contributed by atoms with Crippen LogP contribution in [-0.2, 0) is 0 Å². The number of halogens is 2. The van der Waals surface area contributed by atoms with Gasteiger partial charge in [-0.15, -0.1) is 0 Å². The second kappa shape index (κ2) is 7.40. The van der Waals surface area contributed by atoms with Crippen molar-refractivity contribution in [3.05, 3.63) is 99.1 Å². The zero-order valence-corrected chi connectivity index (χ0v) is 16.0. The van der Waals surface area contributed by atoms with Crippen molar-refractivity contribution in [1.29, 1.82) is 0 Å². The molecule has 0 atom stereocenters. The minimum atomic E-state index is -0.547. The predicted octanol–water partition coefficient (Wildman–Crippen LogP) is 5.61. The molecule has 0 aliphatic heterocycles. The first kappa shape index (κ1) is 18.1. The Labute approximate surface area is 167 Å². The molecule has 3 aromatic carbocycles. The Kier molecular flexibility index (Phi) is 4.79. The zero-order chi connectivity index (χ0) is 19.7. The summed E-state index contributed by atoms with van der Waals surface area (Å²) in [5.74, 6) is -1.03. The van der Waals surface area contributed by atoms with Gasteiger partial charge in [-0.25, -0.2) is 9.18 Å². The maximum atomic E-state index is 14.0. The van der Waals surface area contributed by atoms with Gasteiger partial charge in [-0.2, -0.15) is 0 Å². The molecule has 1 heterocycles. The van der Waals surface area contributed by atoms with Crippen LogP contribution in [0.2, 0.25) is 0 Å². The van der Waals surface area contributed by atoms with Gasteiger partial charge < -0.3 is 9.73 Å². The average molecular weight is 438 g/mol. The molecule has 0 bridgehead atoms. The summed E-state index contributed by atoms with van der Waals surface area (Å²) in [7, 11) is 0. The number of para-hydroxylation sites is 1. The number of anilines is 1. The minimum absolute atomic E-state index is 0.0730. The standard InChI is InChI=1S/C22H13BrFNO3/c23-16-8-9-19(18(24)12-16)25-21(26)15-6-3-5-13(10-15)17-11-14-4-1-2-7-20(14)28-22(17)27/h1-12H,(H,25,26). The van der Waals surface area contributed by atoms with E-state index in [2.05, 4.69) is 21.2 Å². The maximum absolute atomic E-state index is 14.0. The quantitative estimate of drug-likeness (QED) is 0.423. The van der Waals surface area contributed by atoms with Crippen LogP contribution >= 0.6 is 15.9 Å². The smallest absolute Gasteiger partial charge is 0.344 e. The molecule has 0 aliphatic carbocycles. The number of nitrogens with one attached hydrogen (secondary N) is 1. The number of benzene rings is 3. The number of hydrogen-bond donors (Lipinski definition) is 1. The van der Waals surface area contributed by atoms with Crippen LogP contribution in [0.3, 0.4) is 0 Å². The van der Waals surface area contributed by atoms with E-state index < -0.39 is 17.3 Å². The van der Waals surface area contributed by atoms with Gasteiger partial charge in [-0.05, 0) is 48.0 Å². The second-order valence-electron chi connectivity index (χ2n) is 6.14. The molecule has 1 amide bonds. The Morgan fingerprint density at radius 3 is 2.61 bits per heavy atom. The van der Waals surface area contributed by atoms with E-state index in [9.17, 15) is 14.0 Å². The largest absolute Gasteiger partial charge is 0.422 e. The lowest BCUT2D eigenvalue weighted by Crippen LogP contribution is -2.13. The molecule has 0 saturated heterocycles. The number of hydrogen-bond acceptors (Lipinski definition) is 3. The Bertz CT molecular complexity index is 1270. The van der Waals surface area contributed by atoms with Gasteiger partial charge in [0.1, 0.15) is 11.4 Å². The van der Waals surface area contributed by atoms with Crippen molar-refractivity contribution in [1.82, 2.24) is 0 Å². The van der Waals surface area contributed by atoms with Crippen molar-refractivity contribution in [2.75, 3.05) is 5.32 Å². The fraction of sp³-hybridized carbons (Fsp3) is 0. The normalized spacial score (nSPS) is 10.8. The average Bonchev–Trinajstić information content (AvgIpc) is 2.69. The Morgan fingerprint density at radius 1 is 0.964 bits per heavy atom. The van der Waals surface area contributed by atoms with Gasteiger partial charge in [-0.1, -0.05) is 46.3 Å². The number of fused-ring (bicyclic) bond motifs is 1. The van der Waals surface area contributed by atoms with Gasteiger partial charge in [0.15, 0.2) is 0 Å². The number of rotatable bonds is 3. The highest BCUT2D eigenvalue weighted by atomic mass is 79.9. The highest BCUT2D eigenvalue weighted by molar-refractivity contribution is 9.10. The zero-order valence-electron chi connectivity index (χ0n) is 14.4. The molecule has 0 unspecified atom stereocenters. The highest BCUT2D eigenvalue weighted by Gasteiger charge is 2.13. The molecule has 0 radical (unpaired) electrons. The fourth-order valence-electron chi connectivity index (χ4n) is 2.88. The van der Waals surface area contributed by atoms with E-state index >= 15 is 0 Å². The lowest BCUT2D eigenvalue weighted by atomic mass is 10.0. The Morgan fingerprint density at radius 2 is 1.79 bits per heavy atom. The molecule has 0 aliphatic rings. The summed E-state index contributed by atoms with van der Waals surface area (Å²) in [5.41, 5.74) is 1.27. The van der Waals surface area contributed by atoms with Crippen molar-refractivity contribution in [3.63, 3.8) is 0 Å². The van der Waals surface area contributed by atoms with Crippen molar-refractivity contribution >= 4 is 38.5 Å². The molecule has 1 aromatic heterocycles. The molecule has 1 N–H and O–H groups in total. The van der Waals surface area contributed by atoms with Gasteiger partial charge in [-0.3, -0.25) is 4.79 Å². The van der Waals surface area contributed by atoms with E-state index in [0.29, 0.717) is 26.7 Å². The predicted molar refractivity (Wildman–Crippen MR) is 110 cm³/mol. The summed E-state index contributed by atoms with van der Waals surface area (Å²) >= 11 is 3.18. The van der Waals surface area contributed by atoms with Crippen LogP contribution in [0.1, 0.15) is 10.4 Å². The van der Waals surface area contributed by atoms with Crippen molar-refractivity contribution in [3.8, 4) is 11.1 Å². The van der Waals surface area contributed by atoms with E-state index in [1.165, 1.54) is 12.1 Å². The Balaban J connectivity index is 1.69. The van der Waals surface area contributed by atoms with E-state index in [-0.39, 0.29) is 5.69 Å². The van der Waals surface area contributed by atoms with E-state index in [1.807, 2.05) is 12.1 Å². The first-order chi connectivity index (χ1) is 13.5. The SMILES string of the molecule is O=C(Nc1ccc(Br)cc1F)c1cccc(-c2cc3ccccc3oc2=O)c1. The third kappa shape index (κ3) is 3.59. The third-order valence-corrected chi connectivity index (χ3v) is 4.75. The summed E-state index contributed by atoms with van der Waals surface area (Å²) in [5, 5.41) is 3.32. The summed E-state index contributed by atoms with van der Waals surface area (Å²) < 4.78 is 19.9. The van der Waals surface area contributed by atoms with Crippen LogP contribution in [0.5, 0.6) is 0 Å². The van der Waals surface area contributed by atoms with Crippen LogP contribution in [0.4, 0.5) is 10.1 Å². The molecule has 4 rings (SSSR count). The Hall–Kier alpha value is -3.25. The number of amides is 1. The first-order valence-electron chi connectivity index (χ1n) is 8.41. The van der Waals surface area contributed by atoms with Crippen LogP contribution in [-0.4, -0.2) is 5.91 Å². The summed E-state index contributed by atoms with van der Waals surface area (Å²) in [4.78, 5) is 24.9. The van der Waals surface area contributed by atoms with E-state index in [1.54, 1.807) is 48.5 Å². The minimum Gasteiger partial charge on any atom is -0.422 e. The van der Waals surface area contributed by atoms with Crippen molar-refractivity contribution in [2.45, 2.75) is 0 Å². The van der Waals surface area contributed by atoms with E-state index in [0.717, 1.165) is 5.39 Å². The van der Waals surface area contributed by atoms with Gasteiger partial charge >= 0.3 is 5.63 Å². The molecule has 0 fully saturated rings. The fourth-order valence-corrected chi connectivity index (χ4v) is 3.21. The summed E-state index contributed by atoms with van der Waals surface area (Å²) in [6.45, 7) is 0.